The van der Waals surface area contributed by atoms with Gasteiger partial charge in [0.1, 0.15) is 6.61 Å². The van der Waals surface area contributed by atoms with Gasteiger partial charge in [0.05, 0.1) is 18.7 Å². The van der Waals surface area contributed by atoms with Gasteiger partial charge in [-0.2, -0.15) is 0 Å². The van der Waals surface area contributed by atoms with Gasteiger partial charge in [-0.25, -0.2) is 9.59 Å². The van der Waals surface area contributed by atoms with Crippen molar-refractivity contribution in [2.45, 2.75) is 19.1 Å². The first-order valence-electron chi connectivity index (χ1n) is 9.04. The number of rotatable bonds is 4. The highest BCUT2D eigenvalue weighted by Gasteiger charge is 2.24. The van der Waals surface area contributed by atoms with Crippen LogP contribution in [0.15, 0.2) is 54.6 Å². The molecule has 1 N–H and O–H groups in total. The van der Waals surface area contributed by atoms with E-state index in [1.54, 1.807) is 17.0 Å². The maximum absolute atomic E-state index is 12.5. The van der Waals surface area contributed by atoms with Crippen LogP contribution in [0.5, 0.6) is 0 Å². The number of hydrogen-bond acceptors (Lipinski definition) is 5. The van der Waals surface area contributed by atoms with E-state index in [1.165, 1.54) is 7.11 Å². The number of benzene rings is 2. The first-order chi connectivity index (χ1) is 13.2. The number of carbonyl (C=O) groups is 2. The highest BCUT2D eigenvalue weighted by Crippen LogP contribution is 2.19. The summed E-state index contributed by atoms with van der Waals surface area (Å²) in [6, 6.07) is 16.9. The average Bonchev–Trinajstić information content (AvgIpc) is 2.99. The highest BCUT2D eigenvalue weighted by atomic mass is 35.5. The number of hydrogen-bond donors (Lipinski definition) is 1. The molecule has 0 aromatic heterocycles. The standard InChI is InChI=1S/C21H24N2O4.ClH/c1-26-20(24)18-10-8-17(9-11-18)19-14-23(13-5-12-22-19)21(25)27-15-16-6-3-2-4-7-16;/h2-4,6-11,19,22H,5,12-15H2,1H3;1H. The van der Waals surface area contributed by atoms with E-state index in [0.29, 0.717) is 18.7 Å². The second-order valence-corrected chi connectivity index (χ2v) is 6.46. The Morgan fingerprint density at radius 1 is 1.11 bits per heavy atom. The number of esters is 1. The van der Waals surface area contributed by atoms with Crippen LogP contribution in [0.2, 0.25) is 0 Å². The highest BCUT2D eigenvalue weighted by molar-refractivity contribution is 5.89. The fourth-order valence-electron chi connectivity index (χ4n) is 3.09. The van der Waals surface area contributed by atoms with Gasteiger partial charge in [0.15, 0.2) is 0 Å². The average molecular weight is 405 g/mol. The summed E-state index contributed by atoms with van der Waals surface area (Å²) in [6.45, 7) is 2.25. The zero-order chi connectivity index (χ0) is 19.1. The smallest absolute Gasteiger partial charge is 0.410 e. The van der Waals surface area contributed by atoms with Crippen LogP contribution in [0.4, 0.5) is 4.79 Å². The Hall–Kier alpha value is -2.57. The molecule has 150 valence electrons. The first-order valence-corrected chi connectivity index (χ1v) is 9.04. The maximum Gasteiger partial charge on any atom is 0.410 e. The number of nitrogens with zero attached hydrogens (tertiary/aromatic N) is 1. The van der Waals surface area contributed by atoms with Gasteiger partial charge >= 0.3 is 12.1 Å². The molecule has 1 aliphatic rings. The molecule has 0 spiro atoms. The van der Waals surface area contributed by atoms with Crippen LogP contribution in [-0.4, -0.2) is 43.7 Å². The Morgan fingerprint density at radius 3 is 2.50 bits per heavy atom. The molecular formula is C21H25ClN2O4. The lowest BCUT2D eigenvalue weighted by molar-refractivity contribution is 0.0600. The summed E-state index contributed by atoms with van der Waals surface area (Å²) in [4.78, 5) is 25.8. The Labute approximate surface area is 171 Å². The number of ether oxygens (including phenoxy) is 2. The molecule has 0 aliphatic carbocycles. The van der Waals surface area contributed by atoms with Crippen LogP contribution in [0.3, 0.4) is 0 Å². The van der Waals surface area contributed by atoms with Crippen molar-refractivity contribution in [2.75, 3.05) is 26.7 Å². The molecule has 7 heteroatoms. The summed E-state index contributed by atoms with van der Waals surface area (Å²) < 4.78 is 10.2. The van der Waals surface area contributed by atoms with Crippen molar-refractivity contribution in [3.63, 3.8) is 0 Å². The molecule has 0 saturated carbocycles. The molecule has 1 unspecified atom stereocenters. The van der Waals surface area contributed by atoms with E-state index < -0.39 is 0 Å². The van der Waals surface area contributed by atoms with Gasteiger partial charge in [0.25, 0.3) is 0 Å². The Kier molecular flexibility index (Phi) is 8.29. The van der Waals surface area contributed by atoms with Gasteiger partial charge in [-0.3, -0.25) is 0 Å². The van der Waals surface area contributed by atoms with E-state index in [9.17, 15) is 9.59 Å². The molecule has 1 atom stereocenters. The fraction of sp³-hybridized carbons (Fsp3) is 0.333. The summed E-state index contributed by atoms with van der Waals surface area (Å²) >= 11 is 0. The lowest BCUT2D eigenvalue weighted by Crippen LogP contribution is -2.36. The van der Waals surface area contributed by atoms with Crippen molar-refractivity contribution in [1.82, 2.24) is 10.2 Å². The summed E-state index contributed by atoms with van der Waals surface area (Å²) in [5, 5.41) is 3.45. The summed E-state index contributed by atoms with van der Waals surface area (Å²) in [6.07, 6.45) is 0.552. The SMILES string of the molecule is COC(=O)c1ccc(C2CN(C(=O)OCc3ccccc3)CCCN2)cc1.Cl. The third-order valence-corrected chi connectivity index (χ3v) is 4.60. The van der Waals surface area contributed by atoms with Gasteiger partial charge in [-0.1, -0.05) is 42.5 Å². The molecule has 6 nitrogen and oxygen atoms in total. The third kappa shape index (κ3) is 5.71. The molecule has 1 amide bonds. The van der Waals surface area contributed by atoms with Crippen molar-refractivity contribution in [1.29, 1.82) is 0 Å². The predicted octanol–water partition coefficient (Wildman–Crippen LogP) is 3.57. The van der Waals surface area contributed by atoms with Crippen molar-refractivity contribution >= 4 is 24.5 Å². The van der Waals surface area contributed by atoms with Crippen LogP contribution in [0.25, 0.3) is 0 Å². The molecule has 28 heavy (non-hydrogen) atoms. The zero-order valence-electron chi connectivity index (χ0n) is 15.8. The number of carbonyl (C=O) groups excluding carboxylic acids is 2. The lowest BCUT2D eigenvalue weighted by Gasteiger charge is -2.24. The molecule has 1 heterocycles. The second kappa shape index (κ2) is 10.7. The minimum atomic E-state index is -0.360. The van der Waals surface area contributed by atoms with Gasteiger partial charge in [0.2, 0.25) is 0 Å². The molecular weight excluding hydrogens is 380 g/mol. The van der Waals surface area contributed by atoms with Crippen molar-refractivity contribution in [3.8, 4) is 0 Å². The second-order valence-electron chi connectivity index (χ2n) is 6.46. The van der Waals surface area contributed by atoms with Crippen molar-refractivity contribution < 1.29 is 19.1 Å². The minimum absolute atomic E-state index is 0. The molecule has 0 bridgehead atoms. The largest absolute Gasteiger partial charge is 0.465 e. The van der Waals surface area contributed by atoms with E-state index in [2.05, 4.69) is 5.32 Å². The molecule has 3 rings (SSSR count). The van der Waals surface area contributed by atoms with E-state index >= 15 is 0 Å². The zero-order valence-corrected chi connectivity index (χ0v) is 16.6. The van der Waals surface area contributed by atoms with E-state index in [1.807, 2.05) is 42.5 Å². The van der Waals surface area contributed by atoms with E-state index in [0.717, 1.165) is 24.1 Å². The topological polar surface area (TPSA) is 67.9 Å². The predicted molar refractivity (Wildman–Crippen MR) is 109 cm³/mol. The van der Waals surface area contributed by atoms with Crippen molar-refractivity contribution in [3.05, 3.63) is 71.3 Å². The summed E-state index contributed by atoms with van der Waals surface area (Å²) in [5.74, 6) is -0.360. The number of halogens is 1. The van der Waals surface area contributed by atoms with E-state index in [4.69, 9.17) is 9.47 Å². The lowest BCUT2D eigenvalue weighted by atomic mass is 10.0. The minimum Gasteiger partial charge on any atom is -0.465 e. The normalized spacial score (nSPS) is 16.5. The van der Waals surface area contributed by atoms with Crippen LogP contribution < -0.4 is 5.32 Å². The van der Waals surface area contributed by atoms with E-state index in [-0.39, 0.29) is 37.1 Å². The molecule has 1 saturated heterocycles. The molecule has 2 aromatic rings. The number of amides is 1. The first kappa shape index (κ1) is 21.7. The Bertz CT molecular complexity index is 768. The molecule has 1 fully saturated rings. The molecule has 2 aromatic carbocycles. The molecule has 0 radical (unpaired) electrons. The Morgan fingerprint density at radius 2 is 1.82 bits per heavy atom. The number of nitrogens with one attached hydrogen (secondary N) is 1. The monoisotopic (exact) mass is 404 g/mol. The van der Waals surface area contributed by atoms with Crippen LogP contribution in [0.1, 0.15) is 33.9 Å². The fourth-order valence-corrected chi connectivity index (χ4v) is 3.09. The van der Waals surface area contributed by atoms with Crippen molar-refractivity contribution in [2.24, 2.45) is 0 Å². The van der Waals surface area contributed by atoms with Crippen LogP contribution in [0, 0.1) is 0 Å². The van der Waals surface area contributed by atoms with Gasteiger partial charge in [0, 0.05) is 13.1 Å². The summed E-state index contributed by atoms with van der Waals surface area (Å²) in [7, 11) is 1.36. The van der Waals surface area contributed by atoms with Gasteiger partial charge < -0.3 is 19.7 Å². The summed E-state index contributed by atoms with van der Waals surface area (Å²) in [5.41, 5.74) is 2.49. The Balaban J connectivity index is 0.00000280. The quantitative estimate of drug-likeness (QED) is 0.789. The van der Waals surface area contributed by atoms with Gasteiger partial charge in [-0.05, 0) is 36.2 Å². The van der Waals surface area contributed by atoms with Crippen LogP contribution >= 0.6 is 12.4 Å². The number of methoxy groups -OCH3 is 1. The molecule has 1 aliphatic heterocycles. The van der Waals surface area contributed by atoms with Gasteiger partial charge in [-0.15, -0.1) is 12.4 Å². The maximum atomic E-state index is 12.5. The third-order valence-electron chi connectivity index (χ3n) is 4.60. The van der Waals surface area contributed by atoms with Crippen LogP contribution in [-0.2, 0) is 16.1 Å².